The maximum atomic E-state index is 2.43. The highest BCUT2D eigenvalue weighted by Crippen LogP contribution is 2.47. The molecule has 7 rings (SSSR count). The third-order valence-corrected chi connectivity index (χ3v) is 8.86. The van der Waals surface area contributed by atoms with Gasteiger partial charge in [0.2, 0.25) is 0 Å². The molecule has 0 unspecified atom stereocenters. The van der Waals surface area contributed by atoms with Gasteiger partial charge in [-0.15, -0.1) is 0 Å². The molecule has 0 N–H and O–H groups in total. The molecule has 5 aromatic carbocycles. The third-order valence-electron chi connectivity index (χ3n) is 7.26. The van der Waals surface area contributed by atoms with Crippen molar-refractivity contribution in [3.8, 4) is 0 Å². The number of benzene rings is 5. The lowest BCUT2D eigenvalue weighted by Gasteiger charge is -2.37. The molecule has 2 aliphatic rings. The standard InChI is InChI=1S/C32H22Si/c1-3-10-24-20-26(17-15-22(24)8-1)32(27-18-16-23-9-2-4-11-25(23)21-27)19-7-14-30-31(32)28-12-5-6-13-29(28)33-30/h1-21,33H. The highest BCUT2D eigenvalue weighted by atomic mass is 28.2. The molecule has 1 aliphatic carbocycles. The Hall–Kier alpha value is -3.81. The van der Waals surface area contributed by atoms with Gasteiger partial charge in [0, 0.05) is 9.13 Å². The average Bonchev–Trinajstić information content (AvgIpc) is 3.27. The van der Waals surface area contributed by atoms with Crippen LogP contribution in [-0.2, 0) is 5.41 Å². The molecule has 0 nitrogen and oxygen atoms in total. The summed E-state index contributed by atoms with van der Waals surface area (Å²) in [5.74, 6) is 0. The molecule has 0 saturated carbocycles. The molecule has 0 atom stereocenters. The molecule has 1 heteroatoms. The van der Waals surface area contributed by atoms with Crippen LogP contribution >= 0.6 is 0 Å². The molecule has 0 aromatic heterocycles. The molecule has 0 radical (unpaired) electrons. The summed E-state index contributed by atoms with van der Waals surface area (Å²) in [5.41, 5.74) is 3.84. The number of hydrogen-bond donors (Lipinski definition) is 0. The van der Waals surface area contributed by atoms with Crippen molar-refractivity contribution in [2.24, 2.45) is 0 Å². The maximum absolute atomic E-state index is 2.43. The summed E-state index contributed by atoms with van der Waals surface area (Å²) >= 11 is 0. The molecule has 1 aliphatic heterocycles. The predicted molar refractivity (Wildman–Crippen MR) is 141 cm³/mol. The van der Waals surface area contributed by atoms with E-state index in [9.17, 15) is 0 Å². The van der Waals surface area contributed by atoms with E-state index in [4.69, 9.17) is 0 Å². The van der Waals surface area contributed by atoms with Crippen LogP contribution in [0.5, 0.6) is 0 Å². The average molecular weight is 435 g/mol. The van der Waals surface area contributed by atoms with Crippen molar-refractivity contribution >= 4 is 36.2 Å². The monoisotopic (exact) mass is 434 g/mol. The molecule has 154 valence electrons. The zero-order valence-electron chi connectivity index (χ0n) is 18.2. The molecular weight excluding hydrogens is 412 g/mol. The van der Waals surface area contributed by atoms with Crippen LogP contribution in [0.1, 0.15) is 11.1 Å². The first kappa shape index (κ1) is 18.7. The van der Waals surface area contributed by atoms with Gasteiger partial charge in [0.25, 0.3) is 0 Å². The molecule has 0 spiro atoms. The first-order chi connectivity index (χ1) is 16.3. The van der Waals surface area contributed by atoms with Crippen LogP contribution in [0.4, 0.5) is 0 Å². The number of allylic oxidation sites excluding steroid dienone is 4. The second-order valence-electron chi connectivity index (χ2n) is 9.02. The summed E-state index contributed by atoms with van der Waals surface area (Å²) in [5, 5.41) is 8.09. The lowest BCUT2D eigenvalue weighted by Crippen LogP contribution is -2.32. The second-order valence-corrected chi connectivity index (χ2v) is 10.6. The zero-order chi connectivity index (χ0) is 21.8. The van der Waals surface area contributed by atoms with Gasteiger partial charge in [-0.1, -0.05) is 115 Å². The SMILES string of the molecule is C1=CC(c2ccc3ccccc3c2)(c2ccc3ccccc3c2)C2=c3ccccc3=[SiH]C2=C1. The quantitative estimate of drug-likeness (QED) is 0.287. The lowest BCUT2D eigenvalue weighted by molar-refractivity contribution is 0.835. The summed E-state index contributed by atoms with van der Waals surface area (Å²) < 4.78 is 0. The Morgan fingerprint density at radius 2 is 1.12 bits per heavy atom. The predicted octanol–water partition coefficient (Wildman–Crippen LogP) is 6.28. The van der Waals surface area contributed by atoms with Gasteiger partial charge in [0.15, 0.2) is 0 Å². The maximum Gasteiger partial charge on any atom is 0.0643 e. The fourth-order valence-electron chi connectivity index (χ4n) is 5.71. The molecule has 0 fully saturated rings. The zero-order valence-corrected chi connectivity index (χ0v) is 19.4. The molecule has 0 amide bonds. The van der Waals surface area contributed by atoms with Gasteiger partial charge in [-0.05, 0) is 65.6 Å². The van der Waals surface area contributed by atoms with Crippen molar-refractivity contribution in [2.45, 2.75) is 5.41 Å². The minimum atomic E-state index is -0.308. The molecule has 33 heavy (non-hydrogen) atoms. The second kappa shape index (κ2) is 7.10. The van der Waals surface area contributed by atoms with Crippen LogP contribution in [0.3, 0.4) is 0 Å². The van der Waals surface area contributed by atoms with Gasteiger partial charge in [-0.25, -0.2) is 0 Å². The van der Waals surface area contributed by atoms with Gasteiger partial charge in [-0.2, -0.15) is 0 Å². The fraction of sp³-hybridized carbons (Fsp3) is 0.0312. The van der Waals surface area contributed by atoms with Gasteiger partial charge in [-0.3, -0.25) is 0 Å². The Labute approximate surface area is 195 Å². The summed E-state index contributed by atoms with van der Waals surface area (Å²) in [7, 11) is 0.106. The van der Waals surface area contributed by atoms with E-state index in [0.717, 1.165) is 0 Å². The highest BCUT2D eigenvalue weighted by Gasteiger charge is 2.40. The largest absolute Gasteiger partial charge is 0.0652 e. The Balaban J connectivity index is 1.63. The smallest absolute Gasteiger partial charge is 0.0643 e. The van der Waals surface area contributed by atoms with E-state index >= 15 is 0 Å². The first-order valence-corrected chi connectivity index (χ1v) is 12.7. The van der Waals surface area contributed by atoms with Gasteiger partial charge in [0.05, 0.1) is 5.41 Å². The summed E-state index contributed by atoms with van der Waals surface area (Å²) in [6.45, 7) is 0. The number of fused-ring (bicyclic) bond motifs is 4. The van der Waals surface area contributed by atoms with Crippen molar-refractivity contribution in [3.63, 3.8) is 0 Å². The summed E-state index contributed by atoms with van der Waals surface area (Å²) in [6.07, 6.45) is 7.08. The van der Waals surface area contributed by atoms with E-state index < -0.39 is 0 Å². The Bertz CT molecular complexity index is 1690. The minimum absolute atomic E-state index is 0.106. The summed E-state index contributed by atoms with van der Waals surface area (Å²) in [4.78, 5) is 1.51. The van der Waals surface area contributed by atoms with E-state index in [1.54, 1.807) is 0 Å². The molecular formula is C32H22Si. The van der Waals surface area contributed by atoms with Crippen molar-refractivity contribution in [1.82, 2.24) is 0 Å². The van der Waals surface area contributed by atoms with Crippen molar-refractivity contribution in [3.05, 3.63) is 154 Å². The Morgan fingerprint density at radius 1 is 0.545 bits per heavy atom. The van der Waals surface area contributed by atoms with Crippen molar-refractivity contribution < 1.29 is 0 Å². The van der Waals surface area contributed by atoms with Crippen molar-refractivity contribution in [2.75, 3.05) is 0 Å². The number of rotatable bonds is 2. The van der Waals surface area contributed by atoms with Crippen LogP contribution in [0.15, 0.2) is 133 Å². The topological polar surface area (TPSA) is 0 Å². The molecule has 0 saturated heterocycles. The molecule has 1 heterocycles. The van der Waals surface area contributed by atoms with Crippen LogP contribution in [0.2, 0.25) is 0 Å². The highest BCUT2D eigenvalue weighted by molar-refractivity contribution is 6.45. The van der Waals surface area contributed by atoms with Gasteiger partial charge < -0.3 is 0 Å². The van der Waals surface area contributed by atoms with Crippen LogP contribution < -0.4 is 5.22 Å². The fourth-order valence-corrected chi connectivity index (χ4v) is 7.39. The third kappa shape index (κ3) is 2.73. The van der Waals surface area contributed by atoms with E-state index in [2.05, 4.69) is 127 Å². The Kier molecular flexibility index (Phi) is 4.03. The number of hydrogen-bond acceptors (Lipinski definition) is 0. The normalized spacial score (nSPS) is 15.8. The van der Waals surface area contributed by atoms with Crippen molar-refractivity contribution in [1.29, 1.82) is 0 Å². The molecule has 0 bridgehead atoms. The lowest BCUT2D eigenvalue weighted by atomic mass is 9.66. The first-order valence-electron chi connectivity index (χ1n) is 11.5. The van der Waals surface area contributed by atoms with Gasteiger partial charge >= 0.3 is 0 Å². The van der Waals surface area contributed by atoms with E-state index in [1.807, 2.05) is 0 Å². The van der Waals surface area contributed by atoms with E-state index in [-0.39, 0.29) is 14.5 Å². The van der Waals surface area contributed by atoms with Crippen LogP contribution in [-0.4, -0.2) is 9.13 Å². The van der Waals surface area contributed by atoms with Gasteiger partial charge in [0.1, 0.15) is 0 Å². The summed E-state index contributed by atoms with van der Waals surface area (Å²) in [6, 6.07) is 40.5. The van der Waals surface area contributed by atoms with Crippen LogP contribution in [0.25, 0.3) is 27.1 Å². The van der Waals surface area contributed by atoms with Crippen LogP contribution in [0, 0.1) is 4.81 Å². The van der Waals surface area contributed by atoms with E-state index in [1.165, 1.54) is 53.5 Å². The van der Waals surface area contributed by atoms with E-state index in [0.29, 0.717) is 0 Å². The Morgan fingerprint density at radius 3 is 1.79 bits per heavy atom. The minimum Gasteiger partial charge on any atom is -0.0652 e. The molecule has 5 aromatic rings.